The molecule has 0 saturated heterocycles. The number of rotatable bonds is 7. The molecule has 0 aromatic heterocycles. The summed E-state index contributed by atoms with van der Waals surface area (Å²) >= 11 is 0. The van der Waals surface area contributed by atoms with Crippen LogP contribution < -0.4 is 5.32 Å². The Morgan fingerprint density at radius 3 is 2.42 bits per heavy atom. The molecular weight excluding hydrogens is 337 g/mol. The van der Waals surface area contributed by atoms with E-state index >= 15 is 0 Å². The van der Waals surface area contributed by atoms with E-state index in [-0.39, 0.29) is 24.3 Å². The Morgan fingerprint density at radius 1 is 1.08 bits per heavy atom. The van der Waals surface area contributed by atoms with Gasteiger partial charge in [0.05, 0.1) is 6.42 Å². The molecule has 1 amide bonds. The molecule has 0 aliphatic carbocycles. The number of carbonyl (C=O) groups excluding carboxylic acids is 3. The number of ether oxygens (including phenoxy) is 1. The zero-order valence-electron chi connectivity index (χ0n) is 14.6. The maximum absolute atomic E-state index is 13.1. The minimum absolute atomic E-state index is 0.000129. The van der Waals surface area contributed by atoms with E-state index in [1.807, 2.05) is 19.1 Å². The molecule has 0 radical (unpaired) electrons. The summed E-state index contributed by atoms with van der Waals surface area (Å²) in [5, 5.41) is 2.46. The van der Waals surface area contributed by atoms with Crippen molar-refractivity contribution >= 4 is 23.3 Å². The number of ketones is 1. The molecule has 2 aromatic carbocycles. The predicted octanol–water partition coefficient (Wildman–Crippen LogP) is 3.67. The van der Waals surface area contributed by atoms with Crippen molar-refractivity contribution < 1.29 is 23.5 Å². The lowest BCUT2D eigenvalue weighted by Crippen LogP contribution is -2.30. The lowest BCUT2D eigenvalue weighted by molar-refractivity contribution is -0.153. The van der Waals surface area contributed by atoms with Crippen molar-refractivity contribution in [3.05, 3.63) is 65.5 Å². The summed E-state index contributed by atoms with van der Waals surface area (Å²) in [7, 11) is 0. The zero-order chi connectivity index (χ0) is 19.1. The Balaban J connectivity index is 1.80. The van der Waals surface area contributed by atoms with Crippen molar-refractivity contribution in [3.63, 3.8) is 0 Å². The Morgan fingerprint density at radius 2 is 1.77 bits per heavy atom. The van der Waals surface area contributed by atoms with Crippen molar-refractivity contribution in [2.45, 2.75) is 32.8 Å². The second kappa shape index (κ2) is 8.89. The fourth-order valence-electron chi connectivity index (χ4n) is 2.22. The van der Waals surface area contributed by atoms with Crippen LogP contribution in [0.3, 0.4) is 0 Å². The van der Waals surface area contributed by atoms with Crippen molar-refractivity contribution in [2.75, 3.05) is 5.32 Å². The highest BCUT2D eigenvalue weighted by Gasteiger charge is 2.19. The van der Waals surface area contributed by atoms with Crippen LogP contribution in [0.1, 0.15) is 35.7 Å². The van der Waals surface area contributed by atoms with Crippen LogP contribution in [0.15, 0.2) is 48.5 Å². The smallest absolute Gasteiger partial charge is 0.307 e. The summed E-state index contributed by atoms with van der Waals surface area (Å²) in [5.74, 6) is -1.87. The number of hydrogen-bond acceptors (Lipinski definition) is 4. The quantitative estimate of drug-likeness (QED) is 0.606. The first-order valence-electron chi connectivity index (χ1n) is 8.21. The molecule has 0 heterocycles. The highest BCUT2D eigenvalue weighted by atomic mass is 19.1. The van der Waals surface area contributed by atoms with Crippen LogP contribution in [0.5, 0.6) is 0 Å². The normalized spacial score (nSPS) is 11.5. The first-order valence-corrected chi connectivity index (χ1v) is 8.21. The van der Waals surface area contributed by atoms with Crippen LogP contribution in [0.2, 0.25) is 0 Å². The van der Waals surface area contributed by atoms with Gasteiger partial charge in [-0.25, -0.2) is 4.39 Å². The molecule has 6 heteroatoms. The molecule has 0 fully saturated rings. The van der Waals surface area contributed by atoms with E-state index in [0.29, 0.717) is 5.56 Å². The van der Waals surface area contributed by atoms with Gasteiger partial charge in [-0.15, -0.1) is 0 Å². The lowest BCUT2D eigenvalue weighted by atomic mass is 10.1. The van der Waals surface area contributed by atoms with Gasteiger partial charge in [0.25, 0.3) is 5.91 Å². The number of hydrogen-bond donors (Lipinski definition) is 1. The standard InChI is InChI=1S/C20H20FNO4/c1-13-6-8-15(9-7-13)18(23)10-11-19(24)26-14(2)20(25)22-17-5-3-4-16(21)12-17/h3-9,12,14H,10-11H2,1-2H3,(H,22,25)/t14-/m1/s1. The lowest BCUT2D eigenvalue weighted by Gasteiger charge is -2.13. The van der Waals surface area contributed by atoms with E-state index in [9.17, 15) is 18.8 Å². The summed E-state index contributed by atoms with van der Waals surface area (Å²) in [6, 6.07) is 12.5. The monoisotopic (exact) mass is 357 g/mol. The van der Waals surface area contributed by atoms with Gasteiger partial charge in [0.1, 0.15) is 5.82 Å². The van der Waals surface area contributed by atoms with Gasteiger partial charge in [-0.2, -0.15) is 0 Å². The van der Waals surface area contributed by atoms with E-state index in [1.165, 1.54) is 25.1 Å². The molecule has 0 saturated carbocycles. The molecule has 5 nitrogen and oxygen atoms in total. The van der Waals surface area contributed by atoms with Gasteiger partial charge in [-0.1, -0.05) is 35.9 Å². The van der Waals surface area contributed by atoms with E-state index in [1.54, 1.807) is 12.1 Å². The van der Waals surface area contributed by atoms with Gasteiger partial charge in [0, 0.05) is 17.7 Å². The third-order valence-corrected chi connectivity index (χ3v) is 3.70. The van der Waals surface area contributed by atoms with Crippen LogP contribution in [0.4, 0.5) is 10.1 Å². The topological polar surface area (TPSA) is 72.5 Å². The molecular formula is C20H20FNO4. The van der Waals surface area contributed by atoms with Gasteiger partial charge in [0.2, 0.25) is 0 Å². The van der Waals surface area contributed by atoms with Crippen LogP contribution >= 0.6 is 0 Å². The maximum Gasteiger partial charge on any atom is 0.307 e. The van der Waals surface area contributed by atoms with Gasteiger partial charge in [0.15, 0.2) is 11.9 Å². The second-order valence-corrected chi connectivity index (χ2v) is 5.92. The van der Waals surface area contributed by atoms with Crippen LogP contribution in [-0.4, -0.2) is 23.8 Å². The molecule has 1 atom stereocenters. The largest absolute Gasteiger partial charge is 0.453 e. The highest BCUT2D eigenvalue weighted by Crippen LogP contribution is 2.11. The van der Waals surface area contributed by atoms with E-state index in [0.717, 1.165) is 11.6 Å². The highest BCUT2D eigenvalue weighted by molar-refractivity contribution is 5.98. The number of benzene rings is 2. The fraction of sp³-hybridized carbons (Fsp3) is 0.250. The molecule has 26 heavy (non-hydrogen) atoms. The SMILES string of the molecule is Cc1ccc(C(=O)CCC(=O)O[C@H](C)C(=O)Nc2cccc(F)c2)cc1. The van der Waals surface area contributed by atoms with Gasteiger partial charge in [-0.05, 0) is 32.0 Å². The Bertz CT molecular complexity index is 802. The number of esters is 1. The van der Waals surface area contributed by atoms with Gasteiger partial charge in [-0.3, -0.25) is 14.4 Å². The van der Waals surface area contributed by atoms with Crippen molar-refractivity contribution in [3.8, 4) is 0 Å². The van der Waals surface area contributed by atoms with Crippen molar-refractivity contribution in [1.29, 1.82) is 0 Å². The summed E-state index contributed by atoms with van der Waals surface area (Å²) < 4.78 is 18.1. The van der Waals surface area contributed by atoms with Crippen LogP contribution in [-0.2, 0) is 14.3 Å². The average molecular weight is 357 g/mol. The molecule has 2 aromatic rings. The predicted molar refractivity (Wildman–Crippen MR) is 95.3 cm³/mol. The summed E-state index contributed by atoms with van der Waals surface area (Å²) in [6.45, 7) is 3.33. The van der Waals surface area contributed by atoms with E-state index in [2.05, 4.69) is 5.32 Å². The third kappa shape index (κ3) is 5.81. The Kier molecular flexibility index (Phi) is 6.60. The first kappa shape index (κ1) is 19.3. The number of anilines is 1. The Labute approximate surface area is 151 Å². The summed E-state index contributed by atoms with van der Waals surface area (Å²) in [6.07, 6.45) is -1.18. The number of aryl methyl sites for hydroxylation is 1. The number of nitrogens with one attached hydrogen (secondary N) is 1. The number of carbonyl (C=O) groups is 3. The number of amides is 1. The van der Waals surface area contributed by atoms with Crippen LogP contribution in [0, 0.1) is 12.7 Å². The molecule has 0 bridgehead atoms. The number of Topliss-reactive ketones (excluding diaryl/α,β-unsaturated/α-hetero) is 1. The third-order valence-electron chi connectivity index (χ3n) is 3.70. The molecule has 0 aliphatic heterocycles. The van der Waals surface area contributed by atoms with Crippen molar-refractivity contribution in [2.24, 2.45) is 0 Å². The fourth-order valence-corrected chi connectivity index (χ4v) is 2.22. The molecule has 2 rings (SSSR count). The van der Waals surface area contributed by atoms with E-state index < -0.39 is 23.8 Å². The minimum atomic E-state index is -1.06. The molecule has 0 aliphatic rings. The van der Waals surface area contributed by atoms with Crippen molar-refractivity contribution in [1.82, 2.24) is 0 Å². The Hall–Kier alpha value is -3.02. The number of halogens is 1. The molecule has 0 unspecified atom stereocenters. The zero-order valence-corrected chi connectivity index (χ0v) is 14.6. The molecule has 1 N–H and O–H groups in total. The molecule has 136 valence electrons. The maximum atomic E-state index is 13.1. The summed E-state index contributed by atoms with van der Waals surface area (Å²) in [4.78, 5) is 35.8. The second-order valence-electron chi connectivity index (χ2n) is 5.92. The van der Waals surface area contributed by atoms with Gasteiger partial charge >= 0.3 is 5.97 Å². The minimum Gasteiger partial charge on any atom is -0.453 e. The summed E-state index contributed by atoms with van der Waals surface area (Å²) in [5.41, 5.74) is 1.84. The molecule has 0 spiro atoms. The first-order chi connectivity index (χ1) is 12.3. The van der Waals surface area contributed by atoms with E-state index in [4.69, 9.17) is 4.74 Å². The van der Waals surface area contributed by atoms with Gasteiger partial charge < -0.3 is 10.1 Å². The van der Waals surface area contributed by atoms with Crippen LogP contribution in [0.25, 0.3) is 0 Å². The average Bonchev–Trinajstić information content (AvgIpc) is 2.60.